The first kappa shape index (κ1) is 28.7. The van der Waals surface area contributed by atoms with Gasteiger partial charge in [-0.1, -0.05) is 27.7 Å². The third-order valence-corrected chi connectivity index (χ3v) is 2.35. The predicted octanol–water partition coefficient (Wildman–Crippen LogP) is 2.48. The molecule has 0 spiro atoms. The topological polar surface area (TPSA) is 105 Å². The summed E-state index contributed by atoms with van der Waals surface area (Å²) in [5.41, 5.74) is 0. The van der Waals surface area contributed by atoms with E-state index >= 15 is 0 Å². The van der Waals surface area contributed by atoms with Crippen LogP contribution in [-0.2, 0) is 60.4 Å². The molecular weight excluding hydrogens is 368 g/mol. The van der Waals surface area contributed by atoms with E-state index in [4.69, 9.17) is 0 Å². The molecule has 0 aliphatic rings. The van der Waals surface area contributed by atoms with Crippen molar-refractivity contribution in [3.05, 3.63) is 0 Å². The average molecular weight is 396 g/mol. The number of carbonyl (C=O) groups is 4. The Morgan fingerprint density at radius 3 is 1.20 bits per heavy atom. The Morgan fingerprint density at radius 2 is 0.960 bits per heavy atom. The summed E-state index contributed by atoms with van der Waals surface area (Å²) >= 11 is 0. The monoisotopic (exact) mass is 396 g/mol. The van der Waals surface area contributed by atoms with Crippen LogP contribution in [0, 0.1) is 0 Å². The minimum atomic E-state index is -0.615. The van der Waals surface area contributed by atoms with E-state index in [2.05, 4.69) is 19.6 Å². The van der Waals surface area contributed by atoms with Crippen LogP contribution >= 0.6 is 0 Å². The van der Waals surface area contributed by atoms with Crippen molar-refractivity contribution < 1.29 is 60.4 Å². The Morgan fingerprint density at radius 1 is 0.640 bits per heavy atom. The second-order valence-corrected chi connectivity index (χ2v) is 4.69. The quantitative estimate of drug-likeness (QED) is 0.163. The summed E-state index contributed by atoms with van der Waals surface area (Å²) in [6.07, 6.45) is 1.86. The van der Waals surface area contributed by atoms with Gasteiger partial charge in [-0.15, -0.1) is 0 Å². The first-order chi connectivity index (χ1) is 11.4. The van der Waals surface area contributed by atoms with E-state index in [1.54, 1.807) is 13.8 Å². The smallest absolute Gasteiger partial charge is 0.299 e. The number of hydrogen-bond donors (Lipinski definition) is 0. The van der Waals surface area contributed by atoms with Gasteiger partial charge < -0.3 is 0 Å². The fourth-order valence-corrected chi connectivity index (χ4v) is 1.01. The summed E-state index contributed by atoms with van der Waals surface area (Å²) in [6.45, 7) is 7.92. The van der Waals surface area contributed by atoms with E-state index in [-0.39, 0.29) is 46.1 Å². The molecule has 0 saturated carbocycles. The molecule has 8 nitrogen and oxygen atoms in total. The van der Waals surface area contributed by atoms with Gasteiger partial charge in [0.1, 0.15) is 24.4 Å². The summed E-state index contributed by atoms with van der Waals surface area (Å²) in [4.78, 5) is 60.4. The van der Waals surface area contributed by atoms with Crippen LogP contribution in [0.4, 0.5) is 0 Å². The Hall–Kier alpha value is -1.09. The maximum absolute atomic E-state index is 10.7. The predicted molar refractivity (Wildman–Crippen MR) is 84.5 cm³/mol. The Bertz CT molecular complexity index is 348. The zero-order chi connectivity index (χ0) is 18.8. The van der Waals surface area contributed by atoms with Crippen LogP contribution in [0.5, 0.6) is 0 Å². The summed E-state index contributed by atoms with van der Waals surface area (Å²) < 4.78 is 0. The molecule has 0 aromatic rings. The molecule has 0 rings (SSSR count). The first-order valence-electron chi connectivity index (χ1n) is 8.09. The van der Waals surface area contributed by atoms with E-state index in [9.17, 15) is 19.2 Å². The van der Waals surface area contributed by atoms with Crippen LogP contribution in [0.25, 0.3) is 0 Å². The van der Waals surface area contributed by atoms with Crippen LogP contribution in [-0.4, -0.2) is 36.7 Å². The summed E-state index contributed by atoms with van der Waals surface area (Å²) in [6, 6.07) is 0. The van der Waals surface area contributed by atoms with Gasteiger partial charge in [-0.3, -0.25) is 19.4 Å². The van der Waals surface area contributed by atoms with Crippen LogP contribution in [0.3, 0.4) is 0 Å². The third kappa shape index (κ3) is 22.9. The van der Waals surface area contributed by atoms with E-state index in [0.29, 0.717) is 26.1 Å². The molecular formula is C16H28O8Ti. The van der Waals surface area contributed by atoms with Gasteiger partial charge in [0.05, 0.1) is 13.2 Å². The Labute approximate surface area is 163 Å². The third-order valence-electron chi connectivity index (χ3n) is 2.35. The van der Waals surface area contributed by atoms with Crippen molar-refractivity contribution in [1.29, 1.82) is 0 Å². The SMILES string of the molecule is CCCOOC(=O)CC(=O)CC.CCCOOC(=O)CC(=O)CC.[Ti]. The van der Waals surface area contributed by atoms with Gasteiger partial charge in [0, 0.05) is 34.6 Å². The summed E-state index contributed by atoms with van der Waals surface area (Å²) in [5, 5.41) is 0. The van der Waals surface area contributed by atoms with Crippen molar-refractivity contribution in [2.24, 2.45) is 0 Å². The molecule has 0 unspecified atom stereocenters. The van der Waals surface area contributed by atoms with Crippen molar-refractivity contribution in [2.75, 3.05) is 13.2 Å². The number of ketones is 2. The van der Waals surface area contributed by atoms with Crippen molar-refractivity contribution in [1.82, 2.24) is 0 Å². The molecule has 0 amide bonds. The molecule has 0 bridgehead atoms. The maximum Gasteiger partial charge on any atom is 0.349 e. The van der Waals surface area contributed by atoms with Gasteiger partial charge in [-0.25, -0.2) is 9.59 Å². The van der Waals surface area contributed by atoms with Gasteiger partial charge in [-0.05, 0) is 12.8 Å². The molecule has 0 aliphatic carbocycles. The van der Waals surface area contributed by atoms with Crippen molar-refractivity contribution in [2.45, 2.75) is 66.2 Å². The van der Waals surface area contributed by atoms with Crippen LogP contribution in [0.15, 0.2) is 0 Å². The van der Waals surface area contributed by atoms with E-state index in [1.807, 2.05) is 13.8 Å². The molecule has 0 aromatic heterocycles. The second-order valence-electron chi connectivity index (χ2n) is 4.69. The number of carbonyl (C=O) groups excluding carboxylic acids is 4. The minimum Gasteiger partial charge on any atom is -0.299 e. The fraction of sp³-hybridized carbons (Fsp3) is 0.750. The number of rotatable bonds is 12. The minimum absolute atomic E-state index is 0. The van der Waals surface area contributed by atoms with Gasteiger partial charge in [0.15, 0.2) is 0 Å². The van der Waals surface area contributed by atoms with Crippen molar-refractivity contribution >= 4 is 23.5 Å². The van der Waals surface area contributed by atoms with Gasteiger partial charge >= 0.3 is 11.9 Å². The van der Waals surface area contributed by atoms with E-state index in [1.165, 1.54) is 0 Å². The second kappa shape index (κ2) is 21.0. The van der Waals surface area contributed by atoms with Crippen LogP contribution in [0.1, 0.15) is 66.2 Å². The first-order valence-corrected chi connectivity index (χ1v) is 8.09. The van der Waals surface area contributed by atoms with Gasteiger partial charge in [0.2, 0.25) is 0 Å². The molecule has 0 fully saturated rings. The van der Waals surface area contributed by atoms with E-state index < -0.39 is 11.9 Å². The molecule has 0 heterocycles. The molecule has 0 N–H and O–H groups in total. The molecule has 9 heteroatoms. The molecule has 0 atom stereocenters. The van der Waals surface area contributed by atoms with Crippen molar-refractivity contribution in [3.8, 4) is 0 Å². The van der Waals surface area contributed by atoms with Crippen LogP contribution in [0.2, 0.25) is 0 Å². The van der Waals surface area contributed by atoms with Crippen LogP contribution < -0.4 is 0 Å². The van der Waals surface area contributed by atoms with E-state index in [0.717, 1.165) is 12.8 Å². The molecule has 0 radical (unpaired) electrons. The zero-order valence-electron chi connectivity index (χ0n) is 15.4. The largest absolute Gasteiger partial charge is 0.349 e. The maximum atomic E-state index is 10.7. The van der Waals surface area contributed by atoms with Gasteiger partial charge in [0.25, 0.3) is 0 Å². The summed E-state index contributed by atoms with van der Waals surface area (Å²) in [7, 11) is 0. The molecule has 0 aliphatic heterocycles. The molecule has 0 saturated heterocycles. The molecule has 0 aromatic carbocycles. The fourth-order valence-electron chi connectivity index (χ4n) is 1.01. The Kier molecular flexibility index (Phi) is 24.1. The zero-order valence-corrected chi connectivity index (χ0v) is 17.0. The average Bonchev–Trinajstić information content (AvgIpc) is 2.55. The van der Waals surface area contributed by atoms with Crippen molar-refractivity contribution in [3.63, 3.8) is 0 Å². The molecule has 25 heavy (non-hydrogen) atoms. The van der Waals surface area contributed by atoms with Gasteiger partial charge in [-0.2, -0.15) is 9.78 Å². The number of Topliss-reactive ketones (excluding diaryl/α,β-unsaturated/α-hetero) is 2. The number of hydrogen-bond acceptors (Lipinski definition) is 8. The summed E-state index contributed by atoms with van der Waals surface area (Å²) in [5.74, 6) is -1.51. The Balaban J connectivity index is -0.000000372. The standard InChI is InChI=1S/2C8H14O4.Ti/c2*1-3-5-11-12-8(10)6-7(9)4-2;/h2*3-6H2,1-2H3;. The normalized spacial score (nSPS) is 9.12. The molecule has 144 valence electrons.